The molecular formula is C14H20N2O2. The summed E-state index contributed by atoms with van der Waals surface area (Å²) in [5.74, 6) is -0.120. The zero-order chi connectivity index (χ0) is 13.0. The van der Waals surface area contributed by atoms with E-state index in [9.17, 15) is 4.79 Å². The maximum absolute atomic E-state index is 11.7. The average Bonchev–Trinajstić information content (AvgIpc) is 2.84. The van der Waals surface area contributed by atoms with Crippen LogP contribution in [-0.2, 0) is 9.53 Å². The first-order valence-corrected chi connectivity index (χ1v) is 6.43. The Kier molecular flexibility index (Phi) is 4.20. The number of carbonyl (C=O) groups excluding carboxylic acids is 1. The first-order chi connectivity index (χ1) is 8.65. The van der Waals surface area contributed by atoms with Gasteiger partial charge in [0.1, 0.15) is 6.61 Å². The molecule has 0 bridgehead atoms. The number of hydrogen-bond donors (Lipinski definition) is 2. The smallest absolute Gasteiger partial charge is 0.250 e. The average molecular weight is 248 g/mol. The Morgan fingerprint density at radius 2 is 2.17 bits per heavy atom. The van der Waals surface area contributed by atoms with Gasteiger partial charge in [0.2, 0.25) is 5.91 Å². The van der Waals surface area contributed by atoms with Crippen LogP contribution in [0.1, 0.15) is 31.2 Å². The molecule has 0 heterocycles. The highest BCUT2D eigenvalue weighted by atomic mass is 16.5. The minimum Gasteiger partial charge on any atom is -0.398 e. The van der Waals surface area contributed by atoms with Crippen molar-refractivity contribution in [2.75, 3.05) is 17.7 Å². The molecule has 0 atom stereocenters. The SMILES string of the molecule is Cc1ccc(NC(=O)COC2CCCC2)cc1N. The summed E-state index contributed by atoms with van der Waals surface area (Å²) < 4.78 is 5.55. The molecule has 2 rings (SSSR count). The summed E-state index contributed by atoms with van der Waals surface area (Å²) in [5.41, 5.74) is 8.20. The topological polar surface area (TPSA) is 64.3 Å². The lowest BCUT2D eigenvalue weighted by Crippen LogP contribution is -2.21. The van der Waals surface area contributed by atoms with E-state index in [0.29, 0.717) is 5.69 Å². The van der Waals surface area contributed by atoms with E-state index >= 15 is 0 Å². The second-order valence-corrected chi connectivity index (χ2v) is 4.84. The van der Waals surface area contributed by atoms with Crippen molar-refractivity contribution in [3.8, 4) is 0 Å². The predicted octanol–water partition coefficient (Wildman–Crippen LogP) is 2.47. The molecular weight excluding hydrogens is 228 g/mol. The molecule has 1 aliphatic carbocycles. The molecule has 98 valence electrons. The van der Waals surface area contributed by atoms with E-state index < -0.39 is 0 Å². The molecule has 0 radical (unpaired) electrons. The van der Waals surface area contributed by atoms with Gasteiger partial charge in [0, 0.05) is 11.4 Å². The van der Waals surface area contributed by atoms with Crippen LogP contribution in [0.15, 0.2) is 18.2 Å². The Morgan fingerprint density at radius 3 is 2.83 bits per heavy atom. The van der Waals surface area contributed by atoms with Crippen LogP contribution in [0.2, 0.25) is 0 Å². The zero-order valence-electron chi connectivity index (χ0n) is 10.7. The highest BCUT2D eigenvalue weighted by Gasteiger charge is 2.16. The molecule has 0 unspecified atom stereocenters. The fraction of sp³-hybridized carbons (Fsp3) is 0.500. The number of aryl methyl sites for hydroxylation is 1. The largest absolute Gasteiger partial charge is 0.398 e. The Bertz CT molecular complexity index is 426. The van der Waals surface area contributed by atoms with Crippen LogP contribution in [0.4, 0.5) is 11.4 Å². The molecule has 4 nitrogen and oxygen atoms in total. The van der Waals surface area contributed by atoms with Gasteiger partial charge in [-0.15, -0.1) is 0 Å². The molecule has 3 N–H and O–H groups in total. The predicted molar refractivity (Wildman–Crippen MR) is 72.4 cm³/mol. The summed E-state index contributed by atoms with van der Waals surface area (Å²) in [7, 11) is 0. The van der Waals surface area contributed by atoms with Gasteiger partial charge < -0.3 is 15.8 Å². The van der Waals surface area contributed by atoms with Crippen molar-refractivity contribution >= 4 is 17.3 Å². The molecule has 1 amide bonds. The van der Waals surface area contributed by atoms with Crippen molar-refractivity contribution in [3.63, 3.8) is 0 Å². The number of nitrogens with one attached hydrogen (secondary N) is 1. The molecule has 1 fully saturated rings. The highest BCUT2D eigenvalue weighted by Crippen LogP contribution is 2.21. The lowest BCUT2D eigenvalue weighted by Gasteiger charge is -2.11. The number of carbonyl (C=O) groups is 1. The maximum Gasteiger partial charge on any atom is 0.250 e. The van der Waals surface area contributed by atoms with E-state index in [1.165, 1.54) is 12.8 Å². The molecule has 1 aromatic rings. The number of rotatable bonds is 4. The quantitative estimate of drug-likeness (QED) is 0.804. The third kappa shape index (κ3) is 3.47. The van der Waals surface area contributed by atoms with Gasteiger partial charge in [-0.05, 0) is 37.5 Å². The van der Waals surface area contributed by atoms with E-state index in [1.54, 1.807) is 6.07 Å². The minimum absolute atomic E-state index is 0.120. The third-order valence-corrected chi connectivity index (χ3v) is 3.32. The second-order valence-electron chi connectivity index (χ2n) is 4.84. The van der Waals surface area contributed by atoms with Gasteiger partial charge in [-0.2, -0.15) is 0 Å². The van der Waals surface area contributed by atoms with Crippen LogP contribution in [0, 0.1) is 6.92 Å². The molecule has 1 saturated carbocycles. The number of anilines is 2. The number of ether oxygens (including phenoxy) is 1. The van der Waals surface area contributed by atoms with Gasteiger partial charge in [0.05, 0.1) is 6.10 Å². The van der Waals surface area contributed by atoms with Crippen LogP contribution in [-0.4, -0.2) is 18.6 Å². The standard InChI is InChI=1S/C14H20N2O2/c1-10-6-7-11(8-13(10)15)16-14(17)9-18-12-4-2-3-5-12/h6-8,12H,2-5,9,15H2,1H3,(H,16,17). The Morgan fingerprint density at radius 1 is 1.44 bits per heavy atom. The van der Waals surface area contributed by atoms with E-state index in [0.717, 1.165) is 24.1 Å². The van der Waals surface area contributed by atoms with Crippen LogP contribution in [0.5, 0.6) is 0 Å². The molecule has 4 heteroatoms. The zero-order valence-corrected chi connectivity index (χ0v) is 10.7. The monoisotopic (exact) mass is 248 g/mol. The third-order valence-electron chi connectivity index (χ3n) is 3.32. The molecule has 1 aliphatic rings. The molecule has 0 saturated heterocycles. The lowest BCUT2D eigenvalue weighted by molar-refractivity contribution is -0.122. The van der Waals surface area contributed by atoms with Gasteiger partial charge in [-0.3, -0.25) is 4.79 Å². The number of hydrogen-bond acceptors (Lipinski definition) is 3. The maximum atomic E-state index is 11.7. The summed E-state index contributed by atoms with van der Waals surface area (Å²) in [6.07, 6.45) is 4.83. The summed E-state index contributed by atoms with van der Waals surface area (Å²) in [4.78, 5) is 11.7. The first-order valence-electron chi connectivity index (χ1n) is 6.43. The van der Waals surface area contributed by atoms with E-state index in [-0.39, 0.29) is 18.6 Å². The number of amides is 1. The van der Waals surface area contributed by atoms with Gasteiger partial charge in [0.15, 0.2) is 0 Å². The summed E-state index contributed by atoms with van der Waals surface area (Å²) in [5, 5.41) is 2.79. The van der Waals surface area contributed by atoms with Crippen molar-refractivity contribution in [3.05, 3.63) is 23.8 Å². The molecule has 18 heavy (non-hydrogen) atoms. The summed E-state index contributed by atoms with van der Waals surface area (Å²) >= 11 is 0. The fourth-order valence-corrected chi connectivity index (χ4v) is 2.16. The number of nitrogens with two attached hydrogens (primary N) is 1. The Labute approximate surface area is 108 Å². The Balaban J connectivity index is 1.80. The van der Waals surface area contributed by atoms with Gasteiger partial charge >= 0.3 is 0 Å². The summed E-state index contributed by atoms with van der Waals surface area (Å²) in [6.45, 7) is 2.06. The van der Waals surface area contributed by atoms with Crippen LogP contribution < -0.4 is 11.1 Å². The van der Waals surface area contributed by atoms with Crippen molar-refractivity contribution in [1.29, 1.82) is 0 Å². The second kappa shape index (κ2) is 5.87. The van der Waals surface area contributed by atoms with Crippen molar-refractivity contribution in [2.45, 2.75) is 38.7 Å². The lowest BCUT2D eigenvalue weighted by atomic mass is 10.2. The van der Waals surface area contributed by atoms with E-state index in [2.05, 4.69) is 5.32 Å². The van der Waals surface area contributed by atoms with Crippen LogP contribution >= 0.6 is 0 Å². The fourth-order valence-electron chi connectivity index (χ4n) is 2.16. The first kappa shape index (κ1) is 12.9. The minimum atomic E-state index is -0.120. The van der Waals surface area contributed by atoms with E-state index in [4.69, 9.17) is 10.5 Å². The highest BCUT2D eigenvalue weighted by molar-refractivity contribution is 5.92. The summed E-state index contributed by atoms with van der Waals surface area (Å²) in [6, 6.07) is 5.50. The molecule has 0 spiro atoms. The molecule has 0 aliphatic heterocycles. The van der Waals surface area contributed by atoms with Crippen LogP contribution in [0.25, 0.3) is 0 Å². The van der Waals surface area contributed by atoms with Crippen molar-refractivity contribution in [2.24, 2.45) is 0 Å². The van der Waals surface area contributed by atoms with Crippen molar-refractivity contribution in [1.82, 2.24) is 0 Å². The van der Waals surface area contributed by atoms with Gasteiger partial charge in [0.25, 0.3) is 0 Å². The van der Waals surface area contributed by atoms with E-state index in [1.807, 2.05) is 19.1 Å². The van der Waals surface area contributed by atoms with Gasteiger partial charge in [-0.1, -0.05) is 18.9 Å². The molecule has 0 aromatic heterocycles. The molecule has 1 aromatic carbocycles. The van der Waals surface area contributed by atoms with Crippen LogP contribution in [0.3, 0.4) is 0 Å². The van der Waals surface area contributed by atoms with Gasteiger partial charge in [-0.25, -0.2) is 0 Å². The Hall–Kier alpha value is -1.55. The van der Waals surface area contributed by atoms with Crippen molar-refractivity contribution < 1.29 is 9.53 Å². The number of benzene rings is 1. The number of nitrogen functional groups attached to an aromatic ring is 1. The normalized spacial score (nSPS) is 15.8.